The Morgan fingerprint density at radius 1 is 0.652 bits per heavy atom. The third-order valence-corrected chi connectivity index (χ3v) is 11.0. The molecule has 0 aromatic rings. The molecule has 138 valence electrons. The van der Waals surface area contributed by atoms with Crippen LogP contribution in [-0.2, 0) is 0 Å². The van der Waals surface area contributed by atoms with Gasteiger partial charge in [0.25, 0.3) is 0 Å². The molecule has 0 saturated heterocycles. The Kier molecular flexibility index (Phi) is 8.33. The number of hydrogen-bond acceptors (Lipinski definition) is 0. The molecule has 0 saturated carbocycles. The van der Waals surface area contributed by atoms with E-state index in [4.69, 9.17) is 5.32 Å². The van der Waals surface area contributed by atoms with E-state index in [1.807, 2.05) is 0 Å². The second kappa shape index (κ2) is 8.19. The van der Waals surface area contributed by atoms with E-state index in [0.29, 0.717) is 20.6 Å². The number of rotatable bonds is 5. The fourth-order valence-electron chi connectivity index (χ4n) is 3.48. The van der Waals surface area contributed by atoms with Gasteiger partial charge in [0.1, 0.15) is 0 Å². The van der Waals surface area contributed by atoms with Crippen molar-refractivity contribution in [3.8, 4) is 0 Å². The van der Waals surface area contributed by atoms with Crippen LogP contribution in [0.5, 0.6) is 0 Å². The van der Waals surface area contributed by atoms with E-state index in [0.717, 1.165) is 6.54 Å². The van der Waals surface area contributed by atoms with Gasteiger partial charge >= 0.3 is 0 Å². The summed E-state index contributed by atoms with van der Waals surface area (Å²) in [6.45, 7) is 29.4. The number of nitrogens with zero attached hydrogens (tertiary/aromatic N) is 1. The van der Waals surface area contributed by atoms with Crippen molar-refractivity contribution in [1.29, 1.82) is 0 Å². The predicted octanol–water partition coefficient (Wildman–Crippen LogP) is 7.99. The van der Waals surface area contributed by atoms with E-state index in [2.05, 4.69) is 95.1 Å². The molecule has 0 fully saturated rings. The lowest BCUT2D eigenvalue weighted by molar-refractivity contribution is 0.704. The van der Waals surface area contributed by atoms with Crippen LogP contribution in [0.3, 0.4) is 0 Å². The highest BCUT2D eigenvalue weighted by Gasteiger charge is 2.33. The SMILES string of the molecule is CC(C)(C)P(/C=C/[N-]CCP(C(C)(C)C)C(C)(C)C)C(C)(C)C. The largest absolute Gasteiger partial charge is 0.690 e. The second-order valence-corrected chi connectivity index (χ2v) is 18.1. The summed E-state index contributed by atoms with van der Waals surface area (Å²) in [4.78, 5) is 0. The van der Waals surface area contributed by atoms with Crippen molar-refractivity contribution in [1.82, 2.24) is 0 Å². The van der Waals surface area contributed by atoms with E-state index in [1.165, 1.54) is 6.16 Å². The molecule has 0 aliphatic rings. The summed E-state index contributed by atoms with van der Waals surface area (Å²) in [5.41, 5.74) is 0. The van der Waals surface area contributed by atoms with Gasteiger partial charge in [-0.05, 0) is 26.8 Å². The highest BCUT2D eigenvalue weighted by Crippen LogP contribution is 2.61. The first-order valence-corrected chi connectivity index (χ1v) is 11.8. The Bertz CT molecular complexity index is 344. The zero-order chi connectivity index (χ0) is 18.7. The van der Waals surface area contributed by atoms with Gasteiger partial charge < -0.3 is 5.32 Å². The van der Waals surface area contributed by atoms with E-state index in [9.17, 15) is 0 Å². The Morgan fingerprint density at radius 2 is 1.04 bits per heavy atom. The zero-order valence-corrected chi connectivity index (χ0v) is 19.7. The van der Waals surface area contributed by atoms with E-state index >= 15 is 0 Å². The minimum atomic E-state index is -0.189. The van der Waals surface area contributed by atoms with Crippen molar-refractivity contribution >= 4 is 15.8 Å². The molecule has 0 N–H and O–H groups in total. The van der Waals surface area contributed by atoms with Gasteiger partial charge in [0.2, 0.25) is 0 Å². The molecular formula is C20H42NP2-. The molecule has 0 bridgehead atoms. The monoisotopic (exact) mass is 358 g/mol. The third-order valence-electron chi connectivity index (χ3n) is 3.84. The molecule has 0 aromatic heterocycles. The molecular weight excluding hydrogens is 316 g/mol. The predicted molar refractivity (Wildman–Crippen MR) is 115 cm³/mol. The van der Waals surface area contributed by atoms with Crippen LogP contribution in [0.4, 0.5) is 0 Å². The van der Waals surface area contributed by atoms with Gasteiger partial charge in [-0.1, -0.05) is 105 Å². The lowest BCUT2D eigenvalue weighted by atomic mass is 10.2. The molecule has 0 aliphatic carbocycles. The van der Waals surface area contributed by atoms with Crippen LogP contribution in [0, 0.1) is 0 Å². The van der Waals surface area contributed by atoms with Crippen LogP contribution in [0.15, 0.2) is 12.0 Å². The molecule has 0 amide bonds. The maximum atomic E-state index is 4.76. The maximum absolute atomic E-state index is 4.76. The minimum Gasteiger partial charge on any atom is -0.690 e. The first-order chi connectivity index (χ1) is 9.97. The summed E-state index contributed by atoms with van der Waals surface area (Å²) >= 11 is 0. The molecule has 0 aliphatic heterocycles. The Balaban J connectivity index is 4.70. The maximum Gasteiger partial charge on any atom is -0.0141 e. The van der Waals surface area contributed by atoms with Crippen molar-refractivity contribution in [2.24, 2.45) is 0 Å². The van der Waals surface area contributed by atoms with Crippen molar-refractivity contribution < 1.29 is 0 Å². The quantitative estimate of drug-likeness (QED) is 0.349. The molecule has 0 radical (unpaired) electrons. The van der Waals surface area contributed by atoms with Gasteiger partial charge in [-0.25, -0.2) is 0 Å². The van der Waals surface area contributed by atoms with Gasteiger partial charge in [0.05, 0.1) is 0 Å². The van der Waals surface area contributed by atoms with Crippen LogP contribution >= 0.6 is 15.8 Å². The first-order valence-electron chi connectivity index (χ1n) is 8.88. The summed E-state index contributed by atoms with van der Waals surface area (Å²) in [6.07, 6.45) is 3.34. The third kappa shape index (κ3) is 8.88. The lowest BCUT2D eigenvalue weighted by Gasteiger charge is -2.43. The van der Waals surface area contributed by atoms with E-state index in [1.54, 1.807) is 0 Å². The fraction of sp³-hybridized carbons (Fsp3) is 0.900. The molecule has 0 atom stereocenters. The summed E-state index contributed by atoms with van der Waals surface area (Å²) in [5, 5.41) is 6.23. The zero-order valence-electron chi connectivity index (χ0n) is 17.9. The molecule has 0 heterocycles. The van der Waals surface area contributed by atoms with Crippen LogP contribution < -0.4 is 0 Å². The summed E-state index contributed by atoms with van der Waals surface area (Å²) in [6, 6.07) is 0. The second-order valence-electron chi connectivity index (χ2n) is 10.4. The van der Waals surface area contributed by atoms with Gasteiger partial charge in [-0.15, -0.1) is 6.54 Å². The molecule has 0 rings (SSSR count). The number of hydrogen-bond donors (Lipinski definition) is 0. The average molecular weight is 359 g/mol. The van der Waals surface area contributed by atoms with Gasteiger partial charge in [0.15, 0.2) is 0 Å². The lowest BCUT2D eigenvalue weighted by Crippen LogP contribution is -2.27. The highest BCUT2D eigenvalue weighted by atomic mass is 31.1. The van der Waals surface area contributed by atoms with Crippen molar-refractivity contribution in [3.05, 3.63) is 17.3 Å². The molecule has 23 heavy (non-hydrogen) atoms. The van der Waals surface area contributed by atoms with E-state index < -0.39 is 0 Å². The molecule has 1 nitrogen and oxygen atoms in total. The smallest absolute Gasteiger partial charge is 0.0141 e. The topological polar surface area (TPSA) is 14.1 Å². The Hall–Kier alpha value is 0.400. The normalized spacial score (nSPS) is 15.0. The summed E-state index contributed by atoms with van der Waals surface area (Å²) in [7, 11) is -0.231. The summed E-state index contributed by atoms with van der Waals surface area (Å²) in [5.74, 6) is 2.39. The van der Waals surface area contributed by atoms with Gasteiger partial charge in [0, 0.05) is 0 Å². The highest BCUT2D eigenvalue weighted by molar-refractivity contribution is 7.64. The van der Waals surface area contributed by atoms with Crippen LogP contribution in [0.2, 0.25) is 0 Å². The molecule has 0 aromatic carbocycles. The standard InChI is InChI=1S/C20H42NP2/c1-17(2,3)22(18(4,5)6)15-13-21-14-16-23(19(7,8)9)20(10,11)12/h13,15H,14,16H2,1-12H3/q-1/b15-13+. The van der Waals surface area contributed by atoms with Gasteiger partial charge in [-0.3, -0.25) is 0 Å². The van der Waals surface area contributed by atoms with Gasteiger partial charge in [-0.2, -0.15) is 6.20 Å². The minimum absolute atomic E-state index is 0.0422. The molecule has 3 heteroatoms. The fourth-order valence-corrected chi connectivity index (χ4v) is 10.3. The van der Waals surface area contributed by atoms with Crippen LogP contribution in [0.25, 0.3) is 5.32 Å². The average Bonchev–Trinajstić information content (AvgIpc) is 2.19. The Labute approximate surface area is 150 Å². The van der Waals surface area contributed by atoms with Crippen molar-refractivity contribution in [2.45, 2.75) is 104 Å². The van der Waals surface area contributed by atoms with Crippen molar-refractivity contribution in [3.63, 3.8) is 0 Å². The van der Waals surface area contributed by atoms with Crippen LogP contribution in [0.1, 0.15) is 83.1 Å². The summed E-state index contributed by atoms with van der Waals surface area (Å²) < 4.78 is 0. The molecule has 0 spiro atoms. The van der Waals surface area contributed by atoms with Crippen molar-refractivity contribution in [2.75, 3.05) is 12.7 Å². The first kappa shape index (κ1) is 23.4. The Morgan fingerprint density at radius 3 is 1.35 bits per heavy atom. The van der Waals surface area contributed by atoms with E-state index in [-0.39, 0.29) is 15.8 Å². The molecule has 0 unspecified atom stereocenters. The van der Waals surface area contributed by atoms with Crippen LogP contribution in [-0.4, -0.2) is 33.3 Å².